The van der Waals surface area contributed by atoms with Crippen LogP contribution in [0.25, 0.3) is 11.0 Å². The molecule has 0 aromatic carbocycles. The van der Waals surface area contributed by atoms with Crippen LogP contribution in [0.2, 0.25) is 0 Å². The molecule has 172 valence electrons. The number of hydrogen-bond acceptors (Lipinski definition) is 8. The minimum absolute atomic E-state index is 0.119. The maximum absolute atomic E-state index is 12.0. The highest BCUT2D eigenvalue weighted by atomic mass is 16.5. The average molecular weight is 448 g/mol. The number of nitrogens with zero attached hydrogens (tertiary/aromatic N) is 4. The molecule has 3 rings (SSSR count). The fourth-order valence-corrected chi connectivity index (χ4v) is 3.28. The van der Waals surface area contributed by atoms with Crippen molar-refractivity contribution in [2.24, 2.45) is 10.7 Å². The molecule has 3 aromatic heterocycles. The summed E-state index contributed by atoms with van der Waals surface area (Å²) in [5.41, 5.74) is 9.41. The van der Waals surface area contributed by atoms with E-state index in [1.54, 1.807) is 44.8 Å². The molecular formula is C25H29N5O3. The molecule has 0 fully saturated rings. The lowest BCUT2D eigenvalue weighted by atomic mass is 10.1. The minimum Gasteiger partial charge on any atom is -0.481 e. The molecular weight excluding hydrogens is 418 g/mol. The van der Waals surface area contributed by atoms with E-state index in [1.807, 2.05) is 30.3 Å². The Morgan fingerprint density at radius 1 is 1.21 bits per heavy atom. The van der Waals surface area contributed by atoms with E-state index in [4.69, 9.17) is 15.2 Å². The highest BCUT2D eigenvalue weighted by molar-refractivity contribution is 5.75. The smallest absolute Gasteiger partial charge is 0.308 e. The summed E-state index contributed by atoms with van der Waals surface area (Å²) >= 11 is 0. The van der Waals surface area contributed by atoms with Gasteiger partial charge in [-0.3, -0.25) is 9.79 Å². The molecule has 8 nitrogen and oxygen atoms in total. The van der Waals surface area contributed by atoms with Crippen LogP contribution < -0.4 is 10.5 Å². The second kappa shape index (κ2) is 12.3. The van der Waals surface area contributed by atoms with Crippen LogP contribution in [0.15, 0.2) is 65.6 Å². The first-order valence-electron chi connectivity index (χ1n) is 10.9. The van der Waals surface area contributed by atoms with Crippen molar-refractivity contribution in [3.8, 4) is 5.88 Å². The SMILES string of the molecule is CCOC(=O)CC(N=CC=C(N)CCCc1ccc2cccnc2n1)c1ccc(OC)nc1. The van der Waals surface area contributed by atoms with E-state index in [0.717, 1.165) is 35.1 Å². The van der Waals surface area contributed by atoms with Crippen molar-refractivity contribution in [2.75, 3.05) is 13.7 Å². The third kappa shape index (κ3) is 7.38. The third-order valence-electron chi connectivity index (χ3n) is 4.99. The zero-order chi connectivity index (χ0) is 23.5. The van der Waals surface area contributed by atoms with Crippen molar-refractivity contribution >= 4 is 23.2 Å². The summed E-state index contributed by atoms with van der Waals surface area (Å²) in [5.74, 6) is 0.184. The van der Waals surface area contributed by atoms with E-state index >= 15 is 0 Å². The summed E-state index contributed by atoms with van der Waals surface area (Å²) in [6.07, 6.45) is 9.30. The topological polar surface area (TPSA) is 113 Å². The van der Waals surface area contributed by atoms with Crippen LogP contribution in [0.3, 0.4) is 0 Å². The maximum atomic E-state index is 12.0. The van der Waals surface area contributed by atoms with Gasteiger partial charge >= 0.3 is 5.97 Å². The number of allylic oxidation sites excluding steroid dienone is 2. The third-order valence-corrected chi connectivity index (χ3v) is 4.99. The Hall–Kier alpha value is -3.81. The normalized spacial score (nSPS) is 12.7. The van der Waals surface area contributed by atoms with Crippen LogP contribution in [-0.4, -0.2) is 40.9 Å². The summed E-state index contributed by atoms with van der Waals surface area (Å²) < 4.78 is 10.2. The molecule has 8 heteroatoms. The summed E-state index contributed by atoms with van der Waals surface area (Å²) in [4.78, 5) is 29.6. The molecule has 0 aliphatic carbocycles. The number of aryl methyl sites for hydroxylation is 1. The van der Waals surface area contributed by atoms with Crippen molar-refractivity contribution < 1.29 is 14.3 Å². The number of carbonyl (C=O) groups excluding carboxylic acids is 1. The number of carbonyl (C=O) groups is 1. The molecule has 0 aliphatic heterocycles. The van der Waals surface area contributed by atoms with Gasteiger partial charge in [-0.1, -0.05) is 0 Å². The largest absolute Gasteiger partial charge is 0.481 e. The molecule has 0 spiro atoms. The number of rotatable bonds is 11. The van der Waals surface area contributed by atoms with Gasteiger partial charge in [-0.15, -0.1) is 0 Å². The van der Waals surface area contributed by atoms with E-state index in [9.17, 15) is 4.79 Å². The summed E-state index contributed by atoms with van der Waals surface area (Å²) in [5, 5.41) is 1.03. The van der Waals surface area contributed by atoms with Gasteiger partial charge < -0.3 is 15.2 Å². The predicted octanol–water partition coefficient (Wildman–Crippen LogP) is 3.96. The van der Waals surface area contributed by atoms with Crippen molar-refractivity contribution in [1.82, 2.24) is 15.0 Å². The van der Waals surface area contributed by atoms with Crippen LogP contribution in [0.1, 0.15) is 43.5 Å². The van der Waals surface area contributed by atoms with E-state index in [2.05, 4.69) is 19.9 Å². The lowest BCUT2D eigenvalue weighted by Gasteiger charge is -2.12. The molecule has 33 heavy (non-hydrogen) atoms. The molecule has 0 saturated carbocycles. The van der Waals surface area contributed by atoms with E-state index in [1.165, 1.54) is 0 Å². The van der Waals surface area contributed by atoms with Gasteiger partial charge in [0.2, 0.25) is 5.88 Å². The monoisotopic (exact) mass is 447 g/mol. The van der Waals surface area contributed by atoms with Gasteiger partial charge in [0.05, 0.1) is 26.2 Å². The van der Waals surface area contributed by atoms with Crippen LogP contribution in [0.5, 0.6) is 5.88 Å². The first-order chi connectivity index (χ1) is 16.1. The van der Waals surface area contributed by atoms with Gasteiger partial charge in [-0.25, -0.2) is 15.0 Å². The maximum Gasteiger partial charge on any atom is 0.308 e. The van der Waals surface area contributed by atoms with Crippen LogP contribution >= 0.6 is 0 Å². The zero-order valence-corrected chi connectivity index (χ0v) is 19.0. The minimum atomic E-state index is -0.416. The fraction of sp³-hybridized carbons (Fsp3) is 0.320. The van der Waals surface area contributed by atoms with Gasteiger partial charge in [0.1, 0.15) is 0 Å². The number of methoxy groups -OCH3 is 1. The molecule has 3 aromatic rings. The molecule has 0 radical (unpaired) electrons. The lowest BCUT2D eigenvalue weighted by Crippen LogP contribution is -2.10. The number of fused-ring (bicyclic) bond motifs is 1. The standard InChI is InChI=1S/C25H29N5O3/c1-3-33-24(31)16-22(19-10-12-23(32-2)29-17-19)27-15-13-20(26)7-4-8-21-11-9-18-6-5-14-28-25(18)30-21/h5-6,9-15,17,22H,3-4,7-8,16,26H2,1-2H3. The second-order valence-electron chi connectivity index (χ2n) is 7.40. The van der Waals surface area contributed by atoms with E-state index in [-0.39, 0.29) is 12.4 Å². The van der Waals surface area contributed by atoms with Gasteiger partial charge in [0.15, 0.2) is 5.65 Å². The fourth-order valence-electron chi connectivity index (χ4n) is 3.28. The Labute approximate surface area is 193 Å². The highest BCUT2D eigenvalue weighted by Gasteiger charge is 2.16. The molecule has 0 saturated heterocycles. The number of hydrogen-bond donors (Lipinski definition) is 1. The number of aliphatic imine (C=N–C) groups is 1. The summed E-state index contributed by atoms with van der Waals surface area (Å²) in [6.45, 7) is 2.10. The number of nitrogens with two attached hydrogens (primary N) is 1. The zero-order valence-electron chi connectivity index (χ0n) is 19.0. The predicted molar refractivity (Wildman–Crippen MR) is 128 cm³/mol. The molecule has 1 unspecified atom stereocenters. The van der Waals surface area contributed by atoms with Crippen LogP contribution in [0.4, 0.5) is 0 Å². The molecule has 1 atom stereocenters. The Bertz CT molecular complexity index is 1110. The summed E-state index contributed by atoms with van der Waals surface area (Å²) in [6, 6.07) is 11.1. The van der Waals surface area contributed by atoms with Crippen LogP contribution in [-0.2, 0) is 16.0 Å². The molecule has 0 amide bonds. The molecule has 2 N–H and O–H groups in total. The highest BCUT2D eigenvalue weighted by Crippen LogP contribution is 2.22. The van der Waals surface area contributed by atoms with Crippen molar-refractivity contribution in [2.45, 2.75) is 38.6 Å². The Morgan fingerprint density at radius 3 is 2.85 bits per heavy atom. The van der Waals surface area contributed by atoms with Crippen molar-refractivity contribution in [3.05, 3.63) is 71.8 Å². The number of pyridine rings is 3. The molecule has 0 bridgehead atoms. The van der Waals surface area contributed by atoms with Crippen molar-refractivity contribution in [1.29, 1.82) is 0 Å². The number of aromatic nitrogens is 3. The van der Waals surface area contributed by atoms with Crippen LogP contribution in [0, 0.1) is 0 Å². The van der Waals surface area contributed by atoms with Gasteiger partial charge in [-0.2, -0.15) is 0 Å². The van der Waals surface area contributed by atoms with E-state index in [0.29, 0.717) is 24.6 Å². The van der Waals surface area contributed by atoms with Gasteiger partial charge in [-0.05, 0) is 68.2 Å². The Balaban J connectivity index is 1.58. The summed E-state index contributed by atoms with van der Waals surface area (Å²) in [7, 11) is 1.55. The molecule has 3 heterocycles. The van der Waals surface area contributed by atoms with Gasteiger partial charge in [0, 0.05) is 41.5 Å². The van der Waals surface area contributed by atoms with Gasteiger partial charge in [0.25, 0.3) is 0 Å². The molecule has 0 aliphatic rings. The van der Waals surface area contributed by atoms with E-state index < -0.39 is 6.04 Å². The second-order valence-corrected chi connectivity index (χ2v) is 7.40. The number of ether oxygens (including phenoxy) is 2. The number of esters is 1. The quantitative estimate of drug-likeness (QED) is 0.350. The first kappa shape index (κ1) is 23.8. The van der Waals surface area contributed by atoms with Crippen molar-refractivity contribution in [3.63, 3.8) is 0 Å². The Morgan fingerprint density at radius 2 is 2.09 bits per heavy atom. The average Bonchev–Trinajstić information content (AvgIpc) is 2.83. The lowest BCUT2D eigenvalue weighted by molar-refractivity contribution is -0.143. The Kier molecular flexibility index (Phi) is 8.88. The first-order valence-corrected chi connectivity index (χ1v) is 10.9.